The monoisotopic (exact) mass is 495 g/mol. The van der Waals surface area contributed by atoms with Crippen LogP contribution in [0.15, 0.2) is 24.3 Å². The van der Waals surface area contributed by atoms with Crippen LogP contribution in [0.1, 0.15) is 61.7 Å². The van der Waals surface area contributed by atoms with E-state index < -0.39 is 0 Å². The fourth-order valence-corrected chi connectivity index (χ4v) is 7.30. The van der Waals surface area contributed by atoms with Gasteiger partial charge in [0, 0.05) is 57.0 Å². The van der Waals surface area contributed by atoms with E-state index in [1.165, 1.54) is 12.8 Å². The van der Waals surface area contributed by atoms with Gasteiger partial charge >= 0.3 is 6.03 Å². The third kappa shape index (κ3) is 4.70. The maximum atomic E-state index is 13.5. The minimum absolute atomic E-state index is 0.163. The maximum Gasteiger partial charge on any atom is 0.318 e. The molecule has 1 aromatic carbocycles. The van der Waals surface area contributed by atoms with Crippen LogP contribution in [0.2, 0.25) is 0 Å². The highest BCUT2D eigenvalue weighted by atomic mass is 16.5. The normalized spacial score (nSPS) is 28.8. The van der Waals surface area contributed by atoms with Gasteiger partial charge in [-0.25, -0.2) is 4.79 Å². The van der Waals surface area contributed by atoms with Crippen molar-refractivity contribution in [1.82, 2.24) is 20.0 Å². The van der Waals surface area contributed by atoms with Crippen molar-refractivity contribution < 1.29 is 14.3 Å². The highest BCUT2D eigenvalue weighted by Gasteiger charge is 2.44. The fourth-order valence-electron chi connectivity index (χ4n) is 7.30. The number of likely N-dealkylation sites (tertiary alicyclic amines) is 2. The van der Waals surface area contributed by atoms with Gasteiger partial charge < -0.3 is 29.7 Å². The number of para-hydroxylation sites is 1. The van der Waals surface area contributed by atoms with Crippen molar-refractivity contribution in [2.45, 2.75) is 75.5 Å². The van der Waals surface area contributed by atoms with Crippen LogP contribution in [0.5, 0.6) is 0 Å². The Morgan fingerprint density at radius 3 is 2.31 bits per heavy atom. The first-order valence-electron chi connectivity index (χ1n) is 14.2. The number of carbonyl (C=O) groups excluding carboxylic acids is 2. The topological polar surface area (TPSA) is 68.4 Å². The summed E-state index contributed by atoms with van der Waals surface area (Å²) in [6, 6.07) is 9.95. The molecule has 0 spiro atoms. The first kappa shape index (κ1) is 24.0. The first-order chi connectivity index (χ1) is 17.7. The molecule has 8 nitrogen and oxygen atoms in total. The Labute approximate surface area is 214 Å². The number of piperidine rings is 2. The Kier molecular flexibility index (Phi) is 7.07. The molecule has 2 atom stereocenters. The van der Waals surface area contributed by atoms with Crippen molar-refractivity contribution in [3.63, 3.8) is 0 Å². The molecule has 0 aromatic heterocycles. The van der Waals surface area contributed by atoms with Crippen LogP contribution in [0.25, 0.3) is 0 Å². The Morgan fingerprint density at radius 2 is 1.53 bits per heavy atom. The molecule has 4 heterocycles. The van der Waals surface area contributed by atoms with E-state index in [2.05, 4.69) is 31.0 Å². The number of ether oxygens (including phenoxy) is 1. The van der Waals surface area contributed by atoms with Gasteiger partial charge in [-0.05, 0) is 50.7 Å². The Balaban J connectivity index is 1.02. The summed E-state index contributed by atoms with van der Waals surface area (Å²) < 4.78 is 5.51. The van der Waals surface area contributed by atoms with E-state index in [0.717, 1.165) is 89.0 Å². The van der Waals surface area contributed by atoms with Gasteiger partial charge in [0.15, 0.2) is 0 Å². The molecule has 1 aliphatic carbocycles. The largest absolute Gasteiger partial charge is 0.378 e. The maximum absolute atomic E-state index is 13.5. The van der Waals surface area contributed by atoms with Crippen molar-refractivity contribution in [3.05, 3.63) is 29.8 Å². The zero-order valence-corrected chi connectivity index (χ0v) is 21.4. The number of fused-ring (bicyclic) bond motifs is 1. The lowest BCUT2D eigenvalue weighted by atomic mass is 9.89. The number of anilines is 1. The number of hydrogen-bond donors (Lipinski definition) is 1. The average molecular weight is 496 g/mol. The smallest absolute Gasteiger partial charge is 0.318 e. The summed E-state index contributed by atoms with van der Waals surface area (Å²) in [5, 5.41) is 3.26. The van der Waals surface area contributed by atoms with E-state index in [9.17, 15) is 9.59 Å². The molecular weight excluding hydrogens is 454 g/mol. The summed E-state index contributed by atoms with van der Waals surface area (Å²) in [6.45, 7) is 6.86. The van der Waals surface area contributed by atoms with E-state index >= 15 is 0 Å². The van der Waals surface area contributed by atoms with Crippen molar-refractivity contribution >= 4 is 17.6 Å². The van der Waals surface area contributed by atoms with Crippen LogP contribution in [0, 0.1) is 0 Å². The summed E-state index contributed by atoms with van der Waals surface area (Å²) in [5.41, 5.74) is 1.87. The third-order valence-electron chi connectivity index (χ3n) is 9.28. The van der Waals surface area contributed by atoms with Gasteiger partial charge in [-0.15, -0.1) is 0 Å². The minimum atomic E-state index is 0.163. The Hall–Kier alpha value is -2.32. The summed E-state index contributed by atoms with van der Waals surface area (Å²) >= 11 is 0. The Morgan fingerprint density at radius 1 is 0.833 bits per heavy atom. The quantitative estimate of drug-likeness (QED) is 0.696. The van der Waals surface area contributed by atoms with Gasteiger partial charge in [0.25, 0.3) is 5.91 Å². The predicted molar refractivity (Wildman–Crippen MR) is 139 cm³/mol. The second-order valence-electron chi connectivity index (χ2n) is 11.2. The van der Waals surface area contributed by atoms with Crippen molar-refractivity contribution in [2.24, 2.45) is 0 Å². The molecule has 1 N–H and O–H groups in total. The van der Waals surface area contributed by atoms with E-state index in [4.69, 9.17) is 4.74 Å². The number of amides is 3. The minimum Gasteiger partial charge on any atom is -0.378 e. The van der Waals surface area contributed by atoms with E-state index in [1.807, 2.05) is 18.2 Å². The number of hydrogen-bond acceptors (Lipinski definition) is 5. The number of carbonyl (C=O) groups is 2. The molecule has 196 valence electrons. The molecule has 0 bridgehead atoms. The number of nitrogens with zero attached hydrogens (tertiary/aromatic N) is 4. The number of rotatable bonds is 4. The molecule has 3 amide bonds. The first-order valence-corrected chi connectivity index (χ1v) is 14.2. The number of nitrogens with one attached hydrogen (secondary N) is 1. The van der Waals surface area contributed by atoms with Crippen molar-refractivity contribution in [2.75, 3.05) is 57.4 Å². The van der Waals surface area contributed by atoms with Crippen molar-refractivity contribution in [3.8, 4) is 0 Å². The lowest BCUT2D eigenvalue weighted by Crippen LogP contribution is -2.53. The highest BCUT2D eigenvalue weighted by Crippen LogP contribution is 2.33. The fraction of sp³-hybridized carbons (Fsp3) is 0.714. The molecule has 5 aliphatic rings. The van der Waals surface area contributed by atoms with Gasteiger partial charge in [0.05, 0.1) is 30.9 Å². The zero-order valence-electron chi connectivity index (χ0n) is 21.4. The van der Waals surface area contributed by atoms with Crippen LogP contribution in [0.3, 0.4) is 0 Å². The van der Waals surface area contributed by atoms with E-state index in [-0.39, 0.29) is 11.9 Å². The summed E-state index contributed by atoms with van der Waals surface area (Å²) in [5.74, 6) is 0.163. The summed E-state index contributed by atoms with van der Waals surface area (Å²) in [7, 11) is 0. The molecule has 4 saturated heterocycles. The summed E-state index contributed by atoms with van der Waals surface area (Å²) in [6.07, 6.45) is 9.00. The number of urea groups is 1. The summed E-state index contributed by atoms with van der Waals surface area (Å²) in [4.78, 5) is 35.4. The molecule has 1 aromatic rings. The van der Waals surface area contributed by atoms with Crippen molar-refractivity contribution in [1.29, 1.82) is 0 Å². The standard InChI is InChI=1S/C28H41N5O3/c34-27(23-5-1-3-7-25(23)31-17-19-36-20-18-31)32-15-9-21(10-16-32)30-13-11-22(12-14-30)33-26-8-4-2-6-24(26)29-28(33)35/h1,3,5,7,21-22,24,26H,2,4,6,8-20H2,(H,29,35)/t24-,26-/m0/s1. The molecule has 6 rings (SSSR count). The van der Waals surface area contributed by atoms with Crippen LogP contribution < -0.4 is 10.2 Å². The molecule has 0 unspecified atom stereocenters. The van der Waals surface area contributed by atoms with Crippen LogP contribution >= 0.6 is 0 Å². The van der Waals surface area contributed by atoms with Gasteiger partial charge in [-0.2, -0.15) is 0 Å². The molecule has 36 heavy (non-hydrogen) atoms. The van der Waals surface area contributed by atoms with Gasteiger partial charge in [-0.1, -0.05) is 25.0 Å². The lowest BCUT2D eigenvalue weighted by Gasteiger charge is -2.44. The zero-order chi connectivity index (χ0) is 24.5. The van der Waals surface area contributed by atoms with E-state index in [0.29, 0.717) is 37.4 Å². The Bertz CT molecular complexity index is 935. The second kappa shape index (κ2) is 10.6. The number of benzene rings is 1. The van der Waals surface area contributed by atoms with Gasteiger partial charge in [0.1, 0.15) is 0 Å². The van der Waals surface area contributed by atoms with Gasteiger partial charge in [0.2, 0.25) is 0 Å². The predicted octanol–water partition coefficient (Wildman–Crippen LogP) is 2.93. The average Bonchev–Trinajstić information content (AvgIpc) is 3.29. The lowest BCUT2D eigenvalue weighted by molar-refractivity contribution is 0.0471. The van der Waals surface area contributed by atoms with Crippen LogP contribution in [-0.2, 0) is 4.74 Å². The highest BCUT2D eigenvalue weighted by molar-refractivity contribution is 6.00. The van der Waals surface area contributed by atoms with Crippen LogP contribution in [-0.4, -0.2) is 103 Å². The molecule has 8 heteroatoms. The van der Waals surface area contributed by atoms with E-state index in [1.54, 1.807) is 0 Å². The SMILES string of the molecule is O=C(c1ccccc1N1CCOCC1)N1CCC(N2CCC(N3C(=O)N[C@H]4CCCC[C@@H]43)CC2)CC1. The number of morpholine rings is 1. The molecule has 4 aliphatic heterocycles. The molecular formula is C28H41N5O3. The molecule has 1 saturated carbocycles. The molecule has 5 fully saturated rings. The second-order valence-corrected chi connectivity index (χ2v) is 11.2. The third-order valence-corrected chi connectivity index (χ3v) is 9.28. The van der Waals surface area contributed by atoms with Crippen LogP contribution in [0.4, 0.5) is 10.5 Å². The molecule has 0 radical (unpaired) electrons. The van der Waals surface area contributed by atoms with Gasteiger partial charge in [-0.3, -0.25) is 4.79 Å².